The molecular weight excluding hydrogens is 372 g/mol. The second-order valence-corrected chi connectivity index (χ2v) is 8.08. The average Bonchev–Trinajstić information content (AvgIpc) is 2.72. The zero-order valence-electron chi connectivity index (χ0n) is 16.3. The van der Waals surface area contributed by atoms with Crippen LogP contribution < -0.4 is 10.1 Å². The average molecular weight is 399 g/mol. The molecule has 1 atom stereocenters. The first-order valence-electron chi connectivity index (χ1n) is 9.52. The van der Waals surface area contributed by atoms with Crippen molar-refractivity contribution in [3.05, 3.63) is 54.1 Å². The van der Waals surface area contributed by atoms with E-state index in [-0.39, 0.29) is 17.6 Å². The predicted molar refractivity (Wildman–Crippen MR) is 113 cm³/mol. The van der Waals surface area contributed by atoms with E-state index in [9.17, 15) is 9.59 Å². The first-order chi connectivity index (χ1) is 13.6. The molecule has 28 heavy (non-hydrogen) atoms. The Morgan fingerprint density at radius 2 is 2.04 bits per heavy atom. The summed E-state index contributed by atoms with van der Waals surface area (Å²) in [5, 5.41) is 2.87. The van der Waals surface area contributed by atoms with Gasteiger partial charge in [-0.3, -0.25) is 9.59 Å². The molecule has 0 bridgehead atoms. The van der Waals surface area contributed by atoms with Crippen LogP contribution in [-0.4, -0.2) is 42.7 Å². The number of thioether (sulfide) groups is 1. The maximum Gasteiger partial charge on any atom is 0.254 e. The lowest BCUT2D eigenvalue weighted by Crippen LogP contribution is -2.39. The molecule has 6 heteroatoms. The molecule has 0 spiro atoms. The normalized spacial score (nSPS) is 16.5. The number of methoxy groups -OCH3 is 1. The minimum Gasteiger partial charge on any atom is -0.497 e. The van der Waals surface area contributed by atoms with Crippen molar-refractivity contribution in [3.63, 3.8) is 0 Å². The van der Waals surface area contributed by atoms with Gasteiger partial charge in [-0.2, -0.15) is 0 Å². The summed E-state index contributed by atoms with van der Waals surface area (Å²) in [4.78, 5) is 28.1. The molecule has 1 aliphatic heterocycles. The fourth-order valence-corrected chi connectivity index (χ4v) is 4.20. The zero-order valence-corrected chi connectivity index (χ0v) is 17.1. The molecule has 3 rings (SSSR count). The monoisotopic (exact) mass is 398 g/mol. The largest absolute Gasteiger partial charge is 0.497 e. The van der Waals surface area contributed by atoms with Crippen LogP contribution in [0.15, 0.2) is 53.4 Å². The highest BCUT2D eigenvalue weighted by atomic mass is 32.2. The molecule has 1 aliphatic rings. The van der Waals surface area contributed by atoms with E-state index in [0.717, 1.165) is 24.4 Å². The van der Waals surface area contributed by atoms with Crippen LogP contribution in [0.2, 0.25) is 0 Å². The number of amides is 2. The third kappa shape index (κ3) is 5.29. The van der Waals surface area contributed by atoms with Crippen molar-refractivity contribution in [2.24, 2.45) is 5.92 Å². The number of carbonyl (C=O) groups is 2. The van der Waals surface area contributed by atoms with Crippen molar-refractivity contribution in [2.45, 2.75) is 24.7 Å². The summed E-state index contributed by atoms with van der Waals surface area (Å²) < 4.78 is 5.17. The molecule has 2 aromatic carbocycles. The Bertz CT molecular complexity index is 840. The molecule has 1 unspecified atom stereocenters. The third-order valence-corrected chi connectivity index (χ3v) is 5.85. The van der Waals surface area contributed by atoms with Crippen LogP contribution in [0.3, 0.4) is 0 Å². The molecule has 2 amide bonds. The van der Waals surface area contributed by atoms with Crippen molar-refractivity contribution in [1.29, 1.82) is 0 Å². The van der Waals surface area contributed by atoms with Gasteiger partial charge in [0.25, 0.3) is 5.91 Å². The highest BCUT2D eigenvalue weighted by Crippen LogP contribution is 2.26. The van der Waals surface area contributed by atoms with Gasteiger partial charge in [0.1, 0.15) is 5.75 Å². The Morgan fingerprint density at radius 1 is 1.21 bits per heavy atom. The standard InChI is InChI=1S/C22H26N2O3S/c1-16-7-6-12-24(14-16)22(26)19-10-3-4-11-20(19)28-15-21(25)23-17-8-5-9-18(13-17)27-2/h3-5,8-11,13,16H,6-7,12,14-15H2,1-2H3,(H,23,25). The summed E-state index contributed by atoms with van der Waals surface area (Å²) in [5.41, 5.74) is 1.37. The number of hydrogen-bond acceptors (Lipinski definition) is 4. The van der Waals surface area contributed by atoms with Crippen LogP contribution in [0.1, 0.15) is 30.1 Å². The van der Waals surface area contributed by atoms with Gasteiger partial charge < -0.3 is 15.0 Å². The van der Waals surface area contributed by atoms with Crippen molar-refractivity contribution in [2.75, 3.05) is 31.3 Å². The van der Waals surface area contributed by atoms with Crippen LogP contribution in [0, 0.1) is 5.92 Å². The van der Waals surface area contributed by atoms with Gasteiger partial charge in [-0.05, 0) is 43.0 Å². The van der Waals surface area contributed by atoms with Gasteiger partial charge in [0.2, 0.25) is 5.91 Å². The molecule has 0 radical (unpaired) electrons. The third-order valence-electron chi connectivity index (χ3n) is 4.77. The molecule has 1 fully saturated rings. The van der Waals surface area contributed by atoms with E-state index in [2.05, 4.69) is 12.2 Å². The van der Waals surface area contributed by atoms with Crippen molar-refractivity contribution < 1.29 is 14.3 Å². The highest BCUT2D eigenvalue weighted by Gasteiger charge is 2.23. The second-order valence-electron chi connectivity index (χ2n) is 7.06. The van der Waals surface area contributed by atoms with Crippen molar-refractivity contribution >= 4 is 29.3 Å². The first kappa shape index (κ1) is 20.3. The predicted octanol–water partition coefficient (Wildman–Crippen LogP) is 4.30. The maximum atomic E-state index is 13.0. The summed E-state index contributed by atoms with van der Waals surface area (Å²) in [6, 6.07) is 14.8. The van der Waals surface area contributed by atoms with Gasteiger partial charge in [-0.15, -0.1) is 11.8 Å². The number of piperidine rings is 1. The number of rotatable bonds is 6. The molecule has 2 aromatic rings. The van der Waals surface area contributed by atoms with Crippen molar-refractivity contribution in [1.82, 2.24) is 4.90 Å². The smallest absolute Gasteiger partial charge is 0.254 e. The molecule has 5 nitrogen and oxygen atoms in total. The minimum atomic E-state index is -0.118. The van der Waals surface area contributed by atoms with E-state index >= 15 is 0 Å². The number of likely N-dealkylation sites (tertiary alicyclic amines) is 1. The van der Waals surface area contributed by atoms with Crippen LogP contribution in [0.5, 0.6) is 5.75 Å². The second kappa shape index (κ2) is 9.64. The summed E-state index contributed by atoms with van der Waals surface area (Å²) >= 11 is 1.39. The van der Waals surface area contributed by atoms with Crippen LogP contribution in [-0.2, 0) is 4.79 Å². The van der Waals surface area contributed by atoms with Gasteiger partial charge in [0, 0.05) is 29.7 Å². The zero-order chi connectivity index (χ0) is 19.9. The van der Waals surface area contributed by atoms with E-state index in [1.165, 1.54) is 18.2 Å². The number of nitrogens with one attached hydrogen (secondary N) is 1. The van der Waals surface area contributed by atoms with Gasteiger partial charge in [-0.25, -0.2) is 0 Å². The fraction of sp³-hybridized carbons (Fsp3) is 0.364. The molecule has 1 saturated heterocycles. The maximum absolute atomic E-state index is 13.0. The highest BCUT2D eigenvalue weighted by molar-refractivity contribution is 8.00. The summed E-state index contributed by atoms with van der Waals surface area (Å²) in [7, 11) is 1.59. The lowest BCUT2D eigenvalue weighted by atomic mass is 9.99. The summed E-state index contributed by atoms with van der Waals surface area (Å²) in [6.45, 7) is 3.79. The number of benzene rings is 2. The van der Waals surface area contributed by atoms with Crippen LogP contribution >= 0.6 is 11.8 Å². The minimum absolute atomic E-state index is 0.0582. The summed E-state index contributed by atoms with van der Waals surface area (Å²) in [5.74, 6) is 1.40. The number of nitrogens with zero attached hydrogens (tertiary/aromatic N) is 1. The lowest BCUT2D eigenvalue weighted by Gasteiger charge is -2.31. The Hall–Kier alpha value is -2.47. The number of ether oxygens (including phenoxy) is 1. The molecule has 148 valence electrons. The summed E-state index contributed by atoms with van der Waals surface area (Å²) in [6.07, 6.45) is 2.22. The molecule has 1 N–H and O–H groups in total. The van der Waals surface area contributed by atoms with E-state index in [1.54, 1.807) is 13.2 Å². The number of carbonyl (C=O) groups excluding carboxylic acids is 2. The van der Waals surface area contributed by atoms with Gasteiger partial charge in [0.15, 0.2) is 0 Å². The van der Waals surface area contributed by atoms with Gasteiger partial charge in [-0.1, -0.05) is 25.1 Å². The topological polar surface area (TPSA) is 58.6 Å². The van der Waals surface area contributed by atoms with E-state index < -0.39 is 0 Å². The Morgan fingerprint density at radius 3 is 2.82 bits per heavy atom. The molecule has 0 aromatic heterocycles. The van der Waals surface area contributed by atoms with Gasteiger partial charge in [0.05, 0.1) is 18.4 Å². The van der Waals surface area contributed by atoms with Gasteiger partial charge >= 0.3 is 0 Å². The van der Waals surface area contributed by atoms with E-state index in [0.29, 0.717) is 22.9 Å². The molecule has 0 aliphatic carbocycles. The number of hydrogen-bond donors (Lipinski definition) is 1. The first-order valence-corrected chi connectivity index (χ1v) is 10.5. The molecule has 0 saturated carbocycles. The van der Waals surface area contributed by atoms with Crippen LogP contribution in [0.4, 0.5) is 5.69 Å². The van der Waals surface area contributed by atoms with Crippen LogP contribution in [0.25, 0.3) is 0 Å². The van der Waals surface area contributed by atoms with Crippen molar-refractivity contribution in [3.8, 4) is 5.75 Å². The Kier molecular flexibility index (Phi) is 6.98. The quantitative estimate of drug-likeness (QED) is 0.737. The van der Waals surface area contributed by atoms with E-state index in [4.69, 9.17) is 4.74 Å². The lowest BCUT2D eigenvalue weighted by molar-refractivity contribution is -0.113. The van der Waals surface area contributed by atoms with E-state index in [1.807, 2.05) is 47.4 Å². The Balaban J connectivity index is 1.63. The fourth-order valence-electron chi connectivity index (χ4n) is 3.35. The SMILES string of the molecule is COc1cccc(NC(=O)CSc2ccccc2C(=O)N2CCCC(C)C2)c1. The molecule has 1 heterocycles. The molecular formula is C22H26N2O3S. The Labute approximate surface area is 170 Å². The number of anilines is 1.